The molecule has 0 amide bonds. The van der Waals surface area contributed by atoms with E-state index in [1.165, 1.54) is 0 Å². The van der Waals surface area contributed by atoms with Crippen LogP contribution >= 0.6 is 11.9 Å². The van der Waals surface area contributed by atoms with E-state index in [1.807, 2.05) is 30.3 Å². The van der Waals surface area contributed by atoms with Crippen molar-refractivity contribution in [1.82, 2.24) is 4.72 Å². The minimum atomic E-state index is -4.31. The average Bonchev–Trinajstić information content (AvgIpc) is 2.48. The van der Waals surface area contributed by atoms with E-state index in [2.05, 4.69) is 11.3 Å². The minimum absolute atomic E-state index is 0.141. The van der Waals surface area contributed by atoms with Gasteiger partial charge >= 0.3 is 12.1 Å². The first-order valence-corrected chi connectivity index (χ1v) is 7.81. The molecule has 0 aliphatic carbocycles. The largest absolute Gasteiger partial charge is 0.457 e. The van der Waals surface area contributed by atoms with E-state index in [9.17, 15) is 18.0 Å². The molecule has 0 aromatic heterocycles. The average molecular weight is 347 g/mol. The summed E-state index contributed by atoms with van der Waals surface area (Å²) in [5, 5.41) is 0. The number of carbonyl (C=O) groups excluding carboxylic acids is 1. The van der Waals surface area contributed by atoms with Crippen LogP contribution in [0.5, 0.6) is 0 Å². The van der Waals surface area contributed by atoms with Crippen LogP contribution in [0.1, 0.15) is 25.8 Å². The molecular formula is C16H20F3NO2S. The first-order chi connectivity index (χ1) is 10.6. The highest BCUT2D eigenvalue weighted by Crippen LogP contribution is 2.39. The van der Waals surface area contributed by atoms with E-state index in [-0.39, 0.29) is 25.1 Å². The Balaban J connectivity index is 2.27. The summed E-state index contributed by atoms with van der Waals surface area (Å²) in [7, 11) is 0. The topological polar surface area (TPSA) is 38.3 Å². The first-order valence-electron chi connectivity index (χ1n) is 7.00. The second-order valence-corrected chi connectivity index (χ2v) is 6.93. The fourth-order valence-corrected chi connectivity index (χ4v) is 2.10. The Kier molecular flexibility index (Phi) is 7.15. The first kappa shape index (κ1) is 19.6. The number of halogens is 3. The SMILES string of the molecule is C=C(CCNSC(C)(C)C(F)(F)F)C(=O)OCc1ccccc1. The van der Waals surface area contributed by atoms with Crippen LogP contribution in [0.4, 0.5) is 13.2 Å². The van der Waals surface area contributed by atoms with Crippen molar-refractivity contribution in [2.75, 3.05) is 6.54 Å². The Bertz CT molecular complexity index is 530. The predicted molar refractivity (Wildman–Crippen MR) is 85.7 cm³/mol. The zero-order valence-electron chi connectivity index (χ0n) is 13.1. The van der Waals surface area contributed by atoms with E-state index in [0.717, 1.165) is 19.4 Å². The van der Waals surface area contributed by atoms with Gasteiger partial charge in [-0.3, -0.25) is 4.72 Å². The lowest BCUT2D eigenvalue weighted by Crippen LogP contribution is -2.38. The molecule has 1 rings (SSSR count). The molecule has 0 heterocycles. The van der Waals surface area contributed by atoms with Crippen LogP contribution in [0, 0.1) is 0 Å². The van der Waals surface area contributed by atoms with E-state index >= 15 is 0 Å². The summed E-state index contributed by atoms with van der Waals surface area (Å²) in [4.78, 5) is 11.7. The molecule has 1 N–H and O–H groups in total. The molecule has 0 spiro atoms. The second kappa shape index (κ2) is 8.40. The molecular weight excluding hydrogens is 327 g/mol. The Hall–Kier alpha value is -1.47. The maximum atomic E-state index is 12.7. The predicted octanol–water partition coefficient (Wildman–Crippen LogP) is 4.25. The maximum absolute atomic E-state index is 12.7. The monoisotopic (exact) mass is 347 g/mol. The number of hydrogen-bond donors (Lipinski definition) is 1. The number of benzene rings is 1. The molecule has 1 aromatic rings. The third-order valence-electron chi connectivity index (χ3n) is 3.04. The molecule has 0 atom stereocenters. The van der Waals surface area contributed by atoms with Gasteiger partial charge in [0, 0.05) is 12.1 Å². The van der Waals surface area contributed by atoms with Crippen LogP contribution in [0.2, 0.25) is 0 Å². The number of nitrogens with one attached hydrogen (secondary N) is 1. The second-order valence-electron chi connectivity index (χ2n) is 5.42. The highest BCUT2D eigenvalue weighted by Gasteiger charge is 2.48. The van der Waals surface area contributed by atoms with Crippen LogP contribution in [0.25, 0.3) is 0 Å². The Morgan fingerprint density at radius 1 is 1.26 bits per heavy atom. The normalized spacial score (nSPS) is 12.0. The van der Waals surface area contributed by atoms with Crippen molar-refractivity contribution in [2.24, 2.45) is 0 Å². The molecule has 0 aliphatic rings. The van der Waals surface area contributed by atoms with Gasteiger partial charge in [0.25, 0.3) is 0 Å². The highest BCUT2D eigenvalue weighted by atomic mass is 32.2. The van der Waals surface area contributed by atoms with Gasteiger partial charge in [0.2, 0.25) is 0 Å². The lowest BCUT2D eigenvalue weighted by molar-refractivity contribution is -0.151. The molecule has 3 nitrogen and oxygen atoms in total. The van der Waals surface area contributed by atoms with E-state index in [4.69, 9.17) is 4.74 Å². The molecule has 1 aromatic carbocycles. The number of hydrogen-bond acceptors (Lipinski definition) is 4. The molecule has 0 aliphatic heterocycles. The number of carbonyl (C=O) groups is 1. The quantitative estimate of drug-likeness (QED) is 0.330. The van der Waals surface area contributed by atoms with Gasteiger partial charge in [-0.15, -0.1) is 0 Å². The minimum Gasteiger partial charge on any atom is -0.457 e. The molecule has 0 saturated carbocycles. The third-order valence-corrected chi connectivity index (χ3v) is 4.13. The highest BCUT2D eigenvalue weighted by molar-refractivity contribution is 7.98. The van der Waals surface area contributed by atoms with Crippen molar-refractivity contribution < 1.29 is 22.7 Å². The van der Waals surface area contributed by atoms with Crippen LogP contribution in [-0.2, 0) is 16.1 Å². The summed E-state index contributed by atoms with van der Waals surface area (Å²) in [5.41, 5.74) is 1.08. The van der Waals surface area contributed by atoms with Crippen molar-refractivity contribution in [3.05, 3.63) is 48.0 Å². The summed E-state index contributed by atoms with van der Waals surface area (Å²) in [5.74, 6) is -0.546. The molecule has 23 heavy (non-hydrogen) atoms. The lowest BCUT2D eigenvalue weighted by Gasteiger charge is -2.26. The summed E-state index contributed by atoms with van der Waals surface area (Å²) in [6.07, 6.45) is -4.09. The van der Waals surface area contributed by atoms with Gasteiger partial charge in [-0.05, 0) is 25.8 Å². The van der Waals surface area contributed by atoms with Crippen molar-refractivity contribution in [1.29, 1.82) is 0 Å². The van der Waals surface area contributed by atoms with E-state index < -0.39 is 16.9 Å². The van der Waals surface area contributed by atoms with Gasteiger partial charge in [0.15, 0.2) is 0 Å². The van der Waals surface area contributed by atoms with Gasteiger partial charge < -0.3 is 4.74 Å². The van der Waals surface area contributed by atoms with Crippen LogP contribution in [-0.4, -0.2) is 23.4 Å². The van der Waals surface area contributed by atoms with E-state index in [0.29, 0.717) is 11.9 Å². The molecule has 0 fully saturated rings. The molecule has 0 unspecified atom stereocenters. The lowest BCUT2D eigenvalue weighted by atomic mass is 10.2. The Morgan fingerprint density at radius 2 is 1.87 bits per heavy atom. The standard InChI is InChI=1S/C16H20F3NO2S/c1-12(9-10-20-23-15(2,3)16(17,18)19)14(21)22-11-13-7-5-4-6-8-13/h4-8,20H,1,9-11H2,2-3H3. The fraction of sp³-hybridized carbons (Fsp3) is 0.438. The molecule has 128 valence electrons. The number of alkyl halides is 3. The Morgan fingerprint density at radius 3 is 2.43 bits per heavy atom. The van der Waals surface area contributed by atoms with Crippen molar-refractivity contribution in [2.45, 2.75) is 37.8 Å². The Labute approximate surface area is 138 Å². The summed E-state index contributed by atoms with van der Waals surface area (Å²) in [6.45, 7) is 6.12. The molecule has 7 heteroatoms. The van der Waals surface area contributed by atoms with Crippen molar-refractivity contribution in [3.8, 4) is 0 Å². The zero-order valence-corrected chi connectivity index (χ0v) is 13.9. The van der Waals surface area contributed by atoms with Gasteiger partial charge in [-0.25, -0.2) is 4.79 Å². The number of ether oxygens (including phenoxy) is 1. The summed E-state index contributed by atoms with van der Waals surface area (Å²) >= 11 is 0.581. The smallest absolute Gasteiger partial charge is 0.403 e. The van der Waals surface area contributed by atoms with Crippen molar-refractivity contribution >= 4 is 17.9 Å². The van der Waals surface area contributed by atoms with Crippen LogP contribution < -0.4 is 4.72 Å². The number of esters is 1. The van der Waals surface area contributed by atoms with Gasteiger partial charge in [0.05, 0.1) is 0 Å². The van der Waals surface area contributed by atoms with Gasteiger partial charge in [-0.1, -0.05) is 48.9 Å². The molecule has 0 radical (unpaired) electrons. The van der Waals surface area contributed by atoms with Gasteiger partial charge in [0.1, 0.15) is 11.4 Å². The maximum Gasteiger partial charge on any atom is 0.403 e. The van der Waals surface area contributed by atoms with Gasteiger partial charge in [-0.2, -0.15) is 13.2 Å². The summed E-state index contributed by atoms with van der Waals surface area (Å²) < 4.78 is 43.8. The molecule has 0 saturated heterocycles. The zero-order chi connectivity index (χ0) is 17.5. The number of rotatable bonds is 8. The van der Waals surface area contributed by atoms with Crippen molar-refractivity contribution in [3.63, 3.8) is 0 Å². The van der Waals surface area contributed by atoms with E-state index in [1.54, 1.807) is 0 Å². The fourth-order valence-electron chi connectivity index (χ4n) is 1.42. The molecule has 0 bridgehead atoms. The van der Waals surface area contributed by atoms with Crippen LogP contribution in [0.3, 0.4) is 0 Å². The summed E-state index contributed by atoms with van der Waals surface area (Å²) in [6, 6.07) is 9.18. The van der Waals surface area contributed by atoms with Crippen LogP contribution in [0.15, 0.2) is 42.5 Å². The third kappa shape index (κ3) is 6.66.